The average molecular weight is 267 g/mol. The molecule has 1 aromatic heterocycles. The second-order valence-electron chi connectivity index (χ2n) is 3.70. The predicted molar refractivity (Wildman–Crippen MR) is 68.5 cm³/mol. The minimum atomic E-state index is -0.414. The lowest BCUT2D eigenvalue weighted by Crippen LogP contribution is -2.07. The maximum atomic E-state index is 13.8. The summed E-state index contributed by atoms with van der Waals surface area (Å²) < 4.78 is 19.3. The Kier molecular flexibility index (Phi) is 4.12. The van der Waals surface area contributed by atoms with Crippen molar-refractivity contribution < 1.29 is 9.13 Å². The van der Waals surface area contributed by atoms with E-state index in [0.29, 0.717) is 17.3 Å². The van der Waals surface area contributed by atoms with Crippen LogP contribution in [0.2, 0.25) is 5.02 Å². The van der Waals surface area contributed by atoms with E-state index in [1.165, 1.54) is 18.5 Å². The van der Waals surface area contributed by atoms with Crippen molar-refractivity contribution in [3.8, 4) is 11.5 Å². The van der Waals surface area contributed by atoms with E-state index >= 15 is 0 Å². The fourth-order valence-corrected chi connectivity index (χ4v) is 1.73. The molecule has 0 amide bonds. The molecule has 3 nitrogen and oxygen atoms in total. The van der Waals surface area contributed by atoms with Crippen molar-refractivity contribution in [3.05, 3.63) is 53.1 Å². The number of nitrogens with zero attached hydrogens (tertiary/aromatic N) is 1. The lowest BCUT2D eigenvalue weighted by Gasteiger charge is -2.11. The number of ether oxygens (including phenoxy) is 1. The van der Waals surface area contributed by atoms with Gasteiger partial charge < -0.3 is 10.1 Å². The summed E-state index contributed by atoms with van der Waals surface area (Å²) in [4.78, 5) is 3.89. The molecule has 0 atom stereocenters. The zero-order chi connectivity index (χ0) is 13.0. The highest BCUT2D eigenvalue weighted by Crippen LogP contribution is 2.29. The Morgan fingerprint density at radius 3 is 2.94 bits per heavy atom. The molecule has 1 aromatic carbocycles. The third-order valence-corrected chi connectivity index (χ3v) is 2.52. The van der Waals surface area contributed by atoms with Crippen LogP contribution in [0.5, 0.6) is 11.5 Å². The summed E-state index contributed by atoms with van der Waals surface area (Å²) in [6, 6.07) is 6.38. The normalized spacial score (nSPS) is 10.4. The Balaban J connectivity index is 2.33. The molecule has 0 aliphatic heterocycles. The lowest BCUT2D eigenvalue weighted by molar-refractivity contribution is 0.433. The number of hydrogen-bond donors (Lipinski definition) is 1. The van der Waals surface area contributed by atoms with Gasteiger partial charge in [-0.2, -0.15) is 0 Å². The van der Waals surface area contributed by atoms with Crippen molar-refractivity contribution in [1.82, 2.24) is 10.3 Å². The van der Waals surface area contributed by atoms with Crippen LogP contribution in [0, 0.1) is 5.82 Å². The summed E-state index contributed by atoms with van der Waals surface area (Å²) in [6.07, 6.45) is 2.98. The van der Waals surface area contributed by atoms with Crippen molar-refractivity contribution >= 4 is 11.6 Å². The highest BCUT2D eigenvalue weighted by molar-refractivity contribution is 6.30. The van der Waals surface area contributed by atoms with E-state index in [0.717, 1.165) is 5.56 Å². The van der Waals surface area contributed by atoms with Gasteiger partial charge in [0.05, 0.1) is 11.2 Å². The van der Waals surface area contributed by atoms with Gasteiger partial charge in [-0.3, -0.25) is 4.98 Å². The summed E-state index contributed by atoms with van der Waals surface area (Å²) >= 11 is 5.80. The molecule has 0 spiro atoms. The molecule has 0 bridgehead atoms. The Labute approximate surface area is 110 Å². The standard InChI is InChI=1S/C13H12ClFN2O/c1-16-6-9-3-2-4-12(15)13(9)18-11-5-10(14)7-17-8-11/h2-5,7-8,16H,6H2,1H3. The number of hydrogen-bond acceptors (Lipinski definition) is 3. The molecule has 0 aliphatic carbocycles. The molecule has 94 valence electrons. The number of para-hydroxylation sites is 1. The van der Waals surface area contributed by atoms with Crippen LogP contribution in [-0.2, 0) is 6.54 Å². The Bertz CT molecular complexity index is 548. The van der Waals surface area contributed by atoms with Gasteiger partial charge in [0, 0.05) is 24.4 Å². The van der Waals surface area contributed by atoms with Crippen LogP contribution < -0.4 is 10.1 Å². The van der Waals surface area contributed by atoms with E-state index < -0.39 is 5.82 Å². The van der Waals surface area contributed by atoms with E-state index in [9.17, 15) is 4.39 Å². The van der Waals surface area contributed by atoms with E-state index in [4.69, 9.17) is 16.3 Å². The number of nitrogens with one attached hydrogen (secondary N) is 1. The molecule has 5 heteroatoms. The van der Waals surface area contributed by atoms with Crippen LogP contribution in [-0.4, -0.2) is 12.0 Å². The molecule has 2 aromatic rings. The van der Waals surface area contributed by atoms with Gasteiger partial charge in [-0.15, -0.1) is 0 Å². The second kappa shape index (κ2) is 5.80. The van der Waals surface area contributed by atoms with Crippen molar-refractivity contribution in [3.63, 3.8) is 0 Å². The Morgan fingerprint density at radius 2 is 2.22 bits per heavy atom. The number of pyridine rings is 1. The molecule has 1 N–H and O–H groups in total. The van der Waals surface area contributed by atoms with Crippen molar-refractivity contribution in [2.75, 3.05) is 7.05 Å². The highest BCUT2D eigenvalue weighted by atomic mass is 35.5. The molecule has 0 saturated heterocycles. The number of aromatic nitrogens is 1. The van der Waals surface area contributed by atoms with E-state index in [-0.39, 0.29) is 5.75 Å². The van der Waals surface area contributed by atoms with E-state index in [1.54, 1.807) is 25.2 Å². The topological polar surface area (TPSA) is 34.1 Å². The summed E-state index contributed by atoms with van der Waals surface area (Å²) in [6.45, 7) is 0.515. The largest absolute Gasteiger partial charge is 0.452 e. The molecule has 1 heterocycles. The summed E-state index contributed by atoms with van der Waals surface area (Å²) in [5.74, 6) is 0.184. The summed E-state index contributed by atoms with van der Waals surface area (Å²) in [5.41, 5.74) is 0.734. The monoisotopic (exact) mass is 266 g/mol. The first kappa shape index (κ1) is 12.8. The quantitative estimate of drug-likeness (QED) is 0.921. The molecule has 0 unspecified atom stereocenters. The molecule has 2 rings (SSSR count). The molecular formula is C13H12ClFN2O. The first-order valence-electron chi connectivity index (χ1n) is 5.41. The Morgan fingerprint density at radius 1 is 1.39 bits per heavy atom. The third-order valence-electron chi connectivity index (χ3n) is 2.32. The number of halogens is 2. The molecular weight excluding hydrogens is 255 g/mol. The van der Waals surface area contributed by atoms with Gasteiger partial charge in [-0.05, 0) is 13.1 Å². The number of benzene rings is 1. The van der Waals surface area contributed by atoms with Gasteiger partial charge in [0.25, 0.3) is 0 Å². The first-order chi connectivity index (χ1) is 8.70. The van der Waals surface area contributed by atoms with Crippen LogP contribution >= 0.6 is 11.6 Å². The fourth-order valence-electron chi connectivity index (χ4n) is 1.56. The van der Waals surface area contributed by atoms with Gasteiger partial charge in [0.2, 0.25) is 0 Å². The average Bonchev–Trinajstić information content (AvgIpc) is 2.34. The van der Waals surface area contributed by atoms with Crippen molar-refractivity contribution in [2.45, 2.75) is 6.54 Å². The maximum absolute atomic E-state index is 13.8. The smallest absolute Gasteiger partial charge is 0.167 e. The Hall–Kier alpha value is -1.65. The molecule has 0 radical (unpaired) electrons. The van der Waals surface area contributed by atoms with Crippen LogP contribution in [0.3, 0.4) is 0 Å². The van der Waals surface area contributed by atoms with Gasteiger partial charge >= 0.3 is 0 Å². The van der Waals surface area contributed by atoms with Gasteiger partial charge in [-0.25, -0.2) is 4.39 Å². The zero-order valence-corrected chi connectivity index (χ0v) is 10.5. The minimum absolute atomic E-state index is 0.191. The first-order valence-corrected chi connectivity index (χ1v) is 5.79. The van der Waals surface area contributed by atoms with Gasteiger partial charge in [0.15, 0.2) is 11.6 Å². The van der Waals surface area contributed by atoms with Gasteiger partial charge in [-0.1, -0.05) is 23.7 Å². The molecule has 0 saturated carbocycles. The number of rotatable bonds is 4. The zero-order valence-electron chi connectivity index (χ0n) is 9.78. The van der Waals surface area contributed by atoms with Crippen LogP contribution in [0.4, 0.5) is 4.39 Å². The second-order valence-corrected chi connectivity index (χ2v) is 4.14. The summed E-state index contributed by atoms with van der Waals surface area (Å²) in [5, 5.41) is 3.40. The summed E-state index contributed by atoms with van der Waals surface area (Å²) in [7, 11) is 1.79. The fraction of sp³-hybridized carbons (Fsp3) is 0.154. The van der Waals surface area contributed by atoms with Crippen LogP contribution in [0.25, 0.3) is 0 Å². The van der Waals surface area contributed by atoms with Crippen LogP contribution in [0.1, 0.15) is 5.56 Å². The third kappa shape index (κ3) is 2.97. The van der Waals surface area contributed by atoms with E-state index in [1.807, 2.05) is 0 Å². The van der Waals surface area contributed by atoms with Crippen molar-refractivity contribution in [2.24, 2.45) is 0 Å². The highest BCUT2D eigenvalue weighted by Gasteiger charge is 2.10. The molecule has 18 heavy (non-hydrogen) atoms. The lowest BCUT2D eigenvalue weighted by atomic mass is 10.2. The minimum Gasteiger partial charge on any atom is -0.452 e. The van der Waals surface area contributed by atoms with Crippen molar-refractivity contribution in [1.29, 1.82) is 0 Å². The molecule has 0 aliphatic rings. The van der Waals surface area contributed by atoms with Gasteiger partial charge in [0.1, 0.15) is 5.75 Å². The predicted octanol–water partition coefficient (Wildman–Crippen LogP) is 3.39. The van der Waals surface area contributed by atoms with Crippen LogP contribution in [0.15, 0.2) is 36.7 Å². The SMILES string of the molecule is CNCc1cccc(F)c1Oc1cncc(Cl)c1. The maximum Gasteiger partial charge on any atom is 0.167 e. The van der Waals surface area contributed by atoms with E-state index in [2.05, 4.69) is 10.3 Å². The molecule has 0 fully saturated rings.